The topological polar surface area (TPSA) is 125 Å². The molecule has 3 aromatic carbocycles. The number of Topliss-reactive ketones (excluding diaryl/α,β-unsaturated/α-hetero) is 2. The predicted octanol–water partition coefficient (Wildman–Crippen LogP) is 4.19. The minimum atomic E-state index is -0.680. The van der Waals surface area contributed by atoms with Crippen molar-refractivity contribution >= 4 is 35.1 Å². The van der Waals surface area contributed by atoms with E-state index in [-0.39, 0.29) is 36.6 Å². The minimum absolute atomic E-state index is 0.152. The van der Waals surface area contributed by atoms with Gasteiger partial charge >= 0.3 is 11.9 Å². The van der Waals surface area contributed by atoms with Gasteiger partial charge in [-0.3, -0.25) is 19.2 Å². The molecule has 0 fully saturated rings. The highest BCUT2D eigenvalue weighted by Gasteiger charge is 2.14. The number of benzene rings is 3. The summed E-state index contributed by atoms with van der Waals surface area (Å²) >= 11 is 0. The number of anilines is 1. The summed E-state index contributed by atoms with van der Waals surface area (Å²) in [5, 5.41) is 2.61. The lowest BCUT2D eigenvalue weighted by Crippen LogP contribution is -2.17. The van der Waals surface area contributed by atoms with E-state index in [2.05, 4.69) is 5.32 Å². The van der Waals surface area contributed by atoms with E-state index in [1.54, 1.807) is 48.5 Å². The first-order chi connectivity index (χ1) is 18.2. The van der Waals surface area contributed by atoms with Crippen molar-refractivity contribution in [1.82, 2.24) is 0 Å². The number of methoxy groups -OCH3 is 1. The molecule has 0 spiro atoms. The van der Waals surface area contributed by atoms with E-state index in [1.165, 1.54) is 31.4 Å². The van der Waals surface area contributed by atoms with Crippen LogP contribution in [0, 0.1) is 6.92 Å². The molecule has 1 amide bonds. The Hall–Kier alpha value is -4.79. The minimum Gasteiger partial charge on any atom is -0.497 e. The maximum atomic E-state index is 12.2. The Morgan fingerprint density at radius 3 is 1.76 bits per heavy atom. The molecule has 0 saturated carbocycles. The van der Waals surface area contributed by atoms with Gasteiger partial charge in [-0.15, -0.1) is 0 Å². The van der Waals surface area contributed by atoms with Crippen molar-refractivity contribution in [2.24, 2.45) is 0 Å². The molecule has 9 nitrogen and oxygen atoms in total. The zero-order valence-electron chi connectivity index (χ0n) is 21.0. The van der Waals surface area contributed by atoms with Crippen molar-refractivity contribution in [2.75, 3.05) is 25.6 Å². The van der Waals surface area contributed by atoms with Gasteiger partial charge in [0.05, 0.1) is 19.1 Å². The Morgan fingerprint density at radius 2 is 1.18 bits per heavy atom. The second-order valence-electron chi connectivity index (χ2n) is 8.30. The number of hydrogen-bond donors (Lipinski definition) is 1. The van der Waals surface area contributed by atoms with Gasteiger partial charge in [-0.05, 0) is 55.5 Å². The number of hydrogen-bond acceptors (Lipinski definition) is 8. The van der Waals surface area contributed by atoms with Crippen LogP contribution >= 0.6 is 0 Å². The van der Waals surface area contributed by atoms with E-state index < -0.39 is 24.5 Å². The van der Waals surface area contributed by atoms with Crippen LogP contribution in [0.3, 0.4) is 0 Å². The molecule has 9 heteroatoms. The number of carbonyl (C=O) groups excluding carboxylic acids is 5. The number of nitrogens with one attached hydrogen (secondary N) is 1. The molecule has 1 N–H and O–H groups in total. The molecule has 0 aliphatic rings. The summed E-state index contributed by atoms with van der Waals surface area (Å²) in [6.45, 7) is 1.09. The molecular formula is C29H27NO8. The molecule has 0 bridgehead atoms. The molecule has 0 aliphatic carbocycles. The molecule has 0 unspecified atom stereocenters. The monoisotopic (exact) mass is 517 g/mol. The Morgan fingerprint density at radius 1 is 0.658 bits per heavy atom. The van der Waals surface area contributed by atoms with Crippen LogP contribution in [-0.2, 0) is 19.1 Å². The van der Waals surface area contributed by atoms with Crippen LogP contribution in [0.25, 0.3) is 0 Å². The molecule has 196 valence electrons. The number of rotatable bonds is 12. The van der Waals surface area contributed by atoms with Gasteiger partial charge in [0, 0.05) is 23.2 Å². The molecule has 38 heavy (non-hydrogen) atoms. The molecule has 0 atom stereocenters. The van der Waals surface area contributed by atoms with Gasteiger partial charge in [0.2, 0.25) is 5.91 Å². The third kappa shape index (κ3) is 8.41. The van der Waals surface area contributed by atoms with Crippen LogP contribution in [0.15, 0.2) is 72.8 Å². The first-order valence-electron chi connectivity index (χ1n) is 11.7. The van der Waals surface area contributed by atoms with Gasteiger partial charge in [0.1, 0.15) is 5.75 Å². The van der Waals surface area contributed by atoms with Gasteiger partial charge in [-0.2, -0.15) is 0 Å². The second-order valence-corrected chi connectivity index (χ2v) is 8.30. The first-order valence-corrected chi connectivity index (χ1v) is 11.7. The zero-order chi connectivity index (χ0) is 27.5. The number of ketones is 2. The van der Waals surface area contributed by atoms with Crippen LogP contribution in [0.1, 0.15) is 49.5 Å². The van der Waals surface area contributed by atoms with Gasteiger partial charge in [-0.1, -0.05) is 29.8 Å². The summed E-state index contributed by atoms with van der Waals surface area (Å²) in [5.41, 5.74) is 2.47. The van der Waals surface area contributed by atoms with Crippen molar-refractivity contribution in [1.29, 1.82) is 0 Å². The highest BCUT2D eigenvalue weighted by molar-refractivity contribution is 6.00. The Labute approximate surface area is 219 Å². The molecule has 3 aromatic rings. The smallest absolute Gasteiger partial charge is 0.338 e. The Balaban J connectivity index is 1.38. The highest BCUT2D eigenvalue weighted by Crippen LogP contribution is 2.13. The van der Waals surface area contributed by atoms with E-state index in [9.17, 15) is 24.0 Å². The highest BCUT2D eigenvalue weighted by atomic mass is 16.5. The second kappa shape index (κ2) is 13.5. The molecule has 0 saturated heterocycles. The Kier molecular flexibility index (Phi) is 9.87. The lowest BCUT2D eigenvalue weighted by atomic mass is 10.1. The van der Waals surface area contributed by atoms with Crippen LogP contribution in [0.2, 0.25) is 0 Å². The van der Waals surface area contributed by atoms with Gasteiger partial charge in [0.15, 0.2) is 24.8 Å². The number of esters is 2. The van der Waals surface area contributed by atoms with E-state index >= 15 is 0 Å². The van der Waals surface area contributed by atoms with Crippen LogP contribution in [0.4, 0.5) is 5.69 Å². The van der Waals surface area contributed by atoms with Crippen LogP contribution in [0.5, 0.6) is 5.75 Å². The van der Waals surface area contributed by atoms with Gasteiger partial charge < -0.3 is 19.5 Å². The van der Waals surface area contributed by atoms with Crippen molar-refractivity contribution in [3.8, 4) is 5.75 Å². The number of aryl methyl sites for hydroxylation is 1. The zero-order valence-corrected chi connectivity index (χ0v) is 21.0. The molecule has 0 aromatic heterocycles. The number of carbonyl (C=O) groups is 5. The van der Waals surface area contributed by atoms with Crippen molar-refractivity contribution in [2.45, 2.75) is 19.8 Å². The van der Waals surface area contributed by atoms with Gasteiger partial charge in [0.25, 0.3) is 0 Å². The molecule has 0 aliphatic heterocycles. The molecule has 0 heterocycles. The van der Waals surface area contributed by atoms with Crippen LogP contribution in [-0.4, -0.2) is 49.7 Å². The largest absolute Gasteiger partial charge is 0.497 e. The average Bonchev–Trinajstić information content (AvgIpc) is 2.94. The summed E-state index contributed by atoms with van der Waals surface area (Å²) in [6.07, 6.45) is -0.360. The number of amides is 1. The quantitative estimate of drug-likeness (QED) is 0.280. The van der Waals surface area contributed by atoms with Crippen molar-refractivity contribution < 1.29 is 38.2 Å². The van der Waals surface area contributed by atoms with E-state index in [0.717, 1.165) is 5.56 Å². The van der Waals surface area contributed by atoms with Gasteiger partial charge in [-0.25, -0.2) is 4.79 Å². The maximum Gasteiger partial charge on any atom is 0.338 e. The third-order valence-corrected chi connectivity index (χ3v) is 5.44. The third-order valence-electron chi connectivity index (χ3n) is 5.44. The summed E-state index contributed by atoms with van der Waals surface area (Å²) < 4.78 is 15.1. The summed E-state index contributed by atoms with van der Waals surface area (Å²) in [5.74, 6) is -1.88. The van der Waals surface area contributed by atoms with E-state index in [1.807, 2.05) is 6.92 Å². The number of ether oxygens (including phenoxy) is 3. The standard InChI is InChI=1S/C29H27NO8/c1-19-3-5-20(6-4-19)26(32)18-38-29(35)22-7-11-23(12-8-22)30-27(33)15-16-28(34)37-17-25(31)21-9-13-24(36-2)14-10-21/h3-14H,15-18H2,1-2H3,(H,30,33). The molecular weight excluding hydrogens is 490 g/mol. The molecule has 3 rings (SSSR count). The first kappa shape index (κ1) is 27.8. The summed E-state index contributed by atoms with van der Waals surface area (Å²) in [4.78, 5) is 60.6. The molecule has 0 radical (unpaired) electrons. The summed E-state index contributed by atoms with van der Waals surface area (Å²) in [7, 11) is 1.51. The lowest BCUT2D eigenvalue weighted by Gasteiger charge is -2.08. The predicted molar refractivity (Wildman–Crippen MR) is 138 cm³/mol. The maximum absolute atomic E-state index is 12.2. The fourth-order valence-corrected chi connectivity index (χ4v) is 3.24. The van der Waals surface area contributed by atoms with Crippen LogP contribution < -0.4 is 10.1 Å². The fraction of sp³-hybridized carbons (Fsp3) is 0.207. The normalized spacial score (nSPS) is 10.3. The average molecular weight is 518 g/mol. The summed E-state index contributed by atoms with van der Waals surface area (Å²) in [6, 6.07) is 19.2. The SMILES string of the molecule is COc1ccc(C(=O)COC(=O)CCC(=O)Nc2ccc(C(=O)OCC(=O)c3ccc(C)cc3)cc2)cc1. The Bertz CT molecular complexity index is 1300. The van der Waals surface area contributed by atoms with Crippen molar-refractivity contribution in [3.05, 3.63) is 95.1 Å². The van der Waals surface area contributed by atoms with E-state index in [4.69, 9.17) is 14.2 Å². The van der Waals surface area contributed by atoms with Crippen molar-refractivity contribution in [3.63, 3.8) is 0 Å². The van der Waals surface area contributed by atoms with E-state index in [0.29, 0.717) is 22.6 Å². The fourth-order valence-electron chi connectivity index (χ4n) is 3.24. The lowest BCUT2D eigenvalue weighted by molar-refractivity contribution is -0.143.